The molecule has 1 atom stereocenters. The van der Waals surface area contributed by atoms with Crippen molar-refractivity contribution in [1.29, 1.82) is 0 Å². The second kappa shape index (κ2) is 6.70. The molecule has 106 valence electrons. The van der Waals surface area contributed by atoms with Crippen molar-refractivity contribution in [1.82, 2.24) is 14.7 Å². The van der Waals surface area contributed by atoms with Crippen LogP contribution in [0, 0.1) is 5.92 Å². The minimum atomic E-state index is -0.679. The number of aryl methyl sites for hydroxylation is 1. The van der Waals surface area contributed by atoms with Gasteiger partial charge in [0.25, 0.3) is 0 Å². The van der Waals surface area contributed by atoms with Crippen molar-refractivity contribution < 1.29 is 9.90 Å². The van der Waals surface area contributed by atoms with Crippen LogP contribution in [0.5, 0.6) is 0 Å². The molecule has 1 unspecified atom stereocenters. The van der Waals surface area contributed by atoms with E-state index in [1.807, 2.05) is 10.9 Å². The lowest BCUT2D eigenvalue weighted by atomic mass is 9.93. The normalized spacial score (nSPS) is 20.6. The zero-order valence-corrected chi connectivity index (χ0v) is 11.6. The number of likely N-dealkylation sites (tertiary alicyclic amines) is 1. The van der Waals surface area contributed by atoms with E-state index in [2.05, 4.69) is 23.1 Å². The van der Waals surface area contributed by atoms with Crippen LogP contribution >= 0.6 is 0 Å². The molecule has 5 heteroatoms. The van der Waals surface area contributed by atoms with Gasteiger partial charge in [-0.15, -0.1) is 0 Å². The second-order valence-electron chi connectivity index (χ2n) is 5.38. The van der Waals surface area contributed by atoms with Crippen LogP contribution in [0.4, 0.5) is 0 Å². The molecule has 1 fully saturated rings. The lowest BCUT2D eigenvalue weighted by molar-refractivity contribution is -0.137. The van der Waals surface area contributed by atoms with Gasteiger partial charge in [0.15, 0.2) is 0 Å². The summed E-state index contributed by atoms with van der Waals surface area (Å²) in [5, 5.41) is 13.0. The molecule has 0 aromatic carbocycles. The number of hydrogen-bond donors (Lipinski definition) is 1. The van der Waals surface area contributed by atoms with Crippen LogP contribution in [0.3, 0.4) is 0 Å². The van der Waals surface area contributed by atoms with Crippen LogP contribution in [0.2, 0.25) is 0 Å². The van der Waals surface area contributed by atoms with Gasteiger partial charge in [0.2, 0.25) is 0 Å². The van der Waals surface area contributed by atoms with E-state index in [4.69, 9.17) is 5.11 Å². The van der Waals surface area contributed by atoms with E-state index in [1.54, 1.807) is 0 Å². The molecule has 1 saturated heterocycles. The molecule has 2 heterocycles. The van der Waals surface area contributed by atoms with Crippen molar-refractivity contribution in [2.45, 2.75) is 45.7 Å². The van der Waals surface area contributed by atoms with Gasteiger partial charge in [0.05, 0.1) is 6.20 Å². The zero-order valence-electron chi connectivity index (χ0n) is 11.6. The Morgan fingerprint density at radius 3 is 3.11 bits per heavy atom. The van der Waals surface area contributed by atoms with Crippen LogP contribution < -0.4 is 0 Å². The van der Waals surface area contributed by atoms with E-state index >= 15 is 0 Å². The maximum atomic E-state index is 10.6. The number of aliphatic carboxylic acids is 1. The molecule has 0 saturated carbocycles. The molecule has 2 rings (SSSR count). The molecule has 0 spiro atoms. The maximum Gasteiger partial charge on any atom is 0.303 e. The number of hydrogen-bond acceptors (Lipinski definition) is 3. The summed E-state index contributed by atoms with van der Waals surface area (Å²) >= 11 is 0. The number of piperidine rings is 1. The molecular weight excluding hydrogens is 242 g/mol. The molecule has 0 aliphatic carbocycles. The number of carbonyl (C=O) groups is 1. The molecule has 5 nitrogen and oxygen atoms in total. The van der Waals surface area contributed by atoms with Crippen molar-refractivity contribution in [3.63, 3.8) is 0 Å². The molecule has 1 aromatic rings. The highest BCUT2D eigenvalue weighted by Crippen LogP contribution is 2.22. The quantitative estimate of drug-likeness (QED) is 0.854. The molecule has 1 aliphatic heterocycles. The number of carboxylic acid groups (broad SMARTS) is 1. The van der Waals surface area contributed by atoms with Crippen LogP contribution in [-0.4, -0.2) is 38.8 Å². The van der Waals surface area contributed by atoms with Gasteiger partial charge in [-0.1, -0.05) is 0 Å². The fourth-order valence-electron chi connectivity index (χ4n) is 2.78. The van der Waals surface area contributed by atoms with Crippen molar-refractivity contribution in [2.75, 3.05) is 13.1 Å². The van der Waals surface area contributed by atoms with Crippen molar-refractivity contribution in [3.05, 3.63) is 18.0 Å². The van der Waals surface area contributed by atoms with Gasteiger partial charge < -0.3 is 5.11 Å². The highest BCUT2D eigenvalue weighted by Gasteiger charge is 2.20. The Balaban J connectivity index is 1.81. The third kappa shape index (κ3) is 4.35. The fourth-order valence-corrected chi connectivity index (χ4v) is 2.78. The predicted molar refractivity (Wildman–Crippen MR) is 72.8 cm³/mol. The van der Waals surface area contributed by atoms with E-state index < -0.39 is 5.97 Å². The van der Waals surface area contributed by atoms with Crippen LogP contribution in [0.15, 0.2) is 12.4 Å². The Morgan fingerprint density at radius 1 is 1.58 bits per heavy atom. The average Bonchev–Trinajstić information content (AvgIpc) is 2.84. The molecule has 0 radical (unpaired) electrons. The Bertz CT molecular complexity index is 417. The highest BCUT2D eigenvalue weighted by molar-refractivity contribution is 5.66. The molecule has 1 aromatic heterocycles. The maximum absolute atomic E-state index is 10.6. The first-order valence-corrected chi connectivity index (χ1v) is 7.13. The number of nitrogens with zero attached hydrogens (tertiary/aromatic N) is 3. The molecule has 0 amide bonds. The van der Waals surface area contributed by atoms with E-state index in [0.29, 0.717) is 12.3 Å². The molecule has 1 aliphatic rings. The summed E-state index contributed by atoms with van der Waals surface area (Å²) in [7, 11) is 0. The van der Waals surface area contributed by atoms with Gasteiger partial charge in [-0.2, -0.15) is 5.10 Å². The Kier molecular flexibility index (Phi) is 4.96. The lowest BCUT2D eigenvalue weighted by Crippen LogP contribution is -2.35. The largest absolute Gasteiger partial charge is 0.481 e. The SMILES string of the molecule is CCn1cc(CN2CCCC(CCC(=O)O)C2)cn1. The Morgan fingerprint density at radius 2 is 2.42 bits per heavy atom. The zero-order chi connectivity index (χ0) is 13.7. The highest BCUT2D eigenvalue weighted by atomic mass is 16.4. The van der Waals surface area contributed by atoms with Gasteiger partial charge in [0.1, 0.15) is 0 Å². The molecular formula is C14H23N3O2. The van der Waals surface area contributed by atoms with Crippen molar-refractivity contribution in [2.24, 2.45) is 5.92 Å². The molecule has 19 heavy (non-hydrogen) atoms. The van der Waals surface area contributed by atoms with Crippen molar-refractivity contribution >= 4 is 5.97 Å². The van der Waals surface area contributed by atoms with Crippen LogP contribution in [0.25, 0.3) is 0 Å². The second-order valence-corrected chi connectivity index (χ2v) is 5.38. The summed E-state index contributed by atoms with van der Waals surface area (Å²) in [5.74, 6) is -0.146. The summed E-state index contributed by atoms with van der Waals surface area (Å²) in [6.07, 6.45) is 7.47. The van der Waals surface area contributed by atoms with Gasteiger partial charge in [-0.05, 0) is 38.6 Å². The summed E-state index contributed by atoms with van der Waals surface area (Å²) in [6, 6.07) is 0. The first-order valence-electron chi connectivity index (χ1n) is 7.13. The average molecular weight is 265 g/mol. The minimum absolute atomic E-state index is 0.298. The summed E-state index contributed by atoms with van der Waals surface area (Å²) in [4.78, 5) is 13.0. The fraction of sp³-hybridized carbons (Fsp3) is 0.714. The first kappa shape index (κ1) is 14.1. The number of carboxylic acids is 1. The lowest BCUT2D eigenvalue weighted by Gasteiger charge is -2.32. The summed E-state index contributed by atoms with van der Waals surface area (Å²) < 4.78 is 1.95. The minimum Gasteiger partial charge on any atom is -0.481 e. The monoisotopic (exact) mass is 265 g/mol. The standard InChI is InChI=1S/C14H23N3O2/c1-2-17-11-13(8-15-17)10-16-7-3-4-12(9-16)5-6-14(18)19/h8,11-12H,2-7,9-10H2,1H3,(H,18,19). The van der Waals surface area contributed by atoms with Gasteiger partial charge in [0, 0.05) is 37.8 Å². The van der Waals surface area contributed by atoms with E-state index in [9.17, 15) is 4.79 Å². The van der Waals surface area contributed by atoms with Gasteiger partial charge in [-0.25, -0.2) is 0 Å². The number of rotatable bonds is 6. The molecule has 0 bridgehead atoms. The van der Waals surface area contributed by atoms with Crippen LogP contribution in [0.1, 0.15) is 38.2 Å². The summed E-state index contributed by atoms with van der Waals surface area (Å²) in [6.45, 7) is 6.05. The first-order chi connectivity index (χ1) is 9.17. The van der Waals surface area contributed by atoms with E-state index in [1.165, 1.54) is 12.0 Å². The van der Waals surface area contributed by atoms with Gasteiger partial charge in [-0.3, -0.25) is 14.4 Å². The van der Waals surface area contributed by atoms with Gasteiger partial charge >= 0.3 is 5.97 Å². The number of aromatic nitrogens is 2. The third-order valence-corrected chi connectivity index (χ3v) is 3.79. The van der Waals surface area contributed by atoms with E-state index in [0.717, 1.165) is 39.0 Å². The Labute approximate surface area is 114 Å². The molecule has 1 N–H and O–H groups in total. The van der Waals surface area contributed by atoms with E-state index in [-0.39, 0.29) is 0 Å². The topological polar surface area (TPSA) is 58.4 Å². The third-order valence-electron chi connectivity index (χ3n) is 3.79. The summed E-state index contributed by atoms with van der Waals surface area (Å²) in [5.41, 5.74) is 1.25. The van der Waals surface area contributed by atoms with Crippen molar-refractivity contribution in [3.8, 4) is 0 Å². The Hall–Kier alpha value is -1.36. The van der Waals surface area contributed by atoms with Crippen LogP contribution in [-0.2, 0) is 17.9 Å². The predicted octanol–water partition coefficient (Wildman–Crippen LogP) is 1.98. The smallest absolute Gasteiger partial charge is 0.303 e.